The van der Waals surface area contributed by atoms with Crippen LogP contribution in [0.2, 0.25) is 5.02 Å². The average molecular weight is 312 g/mol. The summed E-state index contributed by atoms with van der Waals surface area (Å²) < 4.78 is 18.6. The van der Waals surface area contributed by atoms with Crippen molar-refractivity contribution in [1.29, 1.82) is 0 Å². The van der Waals surface area contributed by atoms with E-state index in [0.717, 1.165) is 12.1 Å². The Labute approximate surface area is 122 Å². The summed E-state index contributed by atoms with van der Waals surface area (Å²) in [6.45, 7) is 0. The predicted octanol–water partition coefficient (Wildman–Crippen LogP) is 3.88. The third-order valence-electron chi connectivity index (χ3n) is 2.53. The highest BCUT2D eigenvalue weighted by molar-refractivity contribution is 6.33. The van der Waals surface area contributed by atoms with Crippen molar-refractivity contribution in [2.24, 2.45) is 0 Å². The Morgan fingerprint density at radius 1 is 1.33 bits per heavy atom. The second-order valence-electron chi connectivity index (χ2n) is 3.89. The lowest BCUT2D eigenvalue weighted by Gasteiger charge is -2.08. The van der Waals surface area contributed by atoms with E-state index in [0.29, 0.717) is 0 Å². The lowest BCUT2D eigenvalue weighted by molar-refractivity contribution is -0.388. The van der Waals surface area contributed by atoms with Gasteiger partial charge in [0.05, 0.1) is 15.5 Å². The van der Waals surface area contributed by atoms with Crippen LogP contribution in [0, 0.1) is 15.9 Å². The SMILES string of the molecule is O=C(O)c1cc(Oc2cccc(F)c2[N+](=O)[O-])ccc1Cl. The molecule has 0 aliphatic carbocycles. The molecule has 2 aromatic carbocycles. The molecule has 0 aromatic heterocycles. The molecule has 2 rings (SSSR count). The fourth-order valence-electron chi connectivity index (χ4n) is 1.61. The van der Waals surface area contributed by atoms with Crippen molar-refractivity contribution < 1.29 is 24.0 Å². The monoisotopic (exact) mass is 311 g/mol. The van der Waals surface area contributed by atoms with Gasteiger partial charge in [-0.2, -0.15) is 4.39 Å². The highest BCUT2D eigenvalue weighted by Crippen LogP contribution is 2.34. The van der Waals surface area contributed by atoms with Crippen molar-refractivity contribution in [2.45, 2.75) is 0 Å². The van der Waals surface area contributed by atoms with Gasteiger partial charge in [-0.15, -0.1) is 0 Å². The maximum atomic E-state index is 13.4. The third kappa shape index (κ3) is 3.09. The first-order valence-corrected chi connectivity index (χ1v) is 5.91. The van der Waals surface area contributed by atoms with Crippen LogP contribution in [0.1, 0.15) is 10.4 Å². The Kier molecular flexibility index (Phi) is 4.04. The second-order valence-corrected chi connectivity index (χ2v) is 4.30. The average Bonchev–Trinajstić information content (AvgIpc) is 2.40. The number of ether oxygens (including phenoxy) is 1. The minimum Gasteiger partial charge on any atom is -0.478 e. The van der Waals surface area contributed by atoms with E-state index >= 15 is 0 Å². The number of benzene rings is 2. The molecule has 0 aliphatic heterocycles. The van der Waals surface area contributed by atoms with Crippen LogP contribution in [-0.4, -0.2) is 16.0 Å². The largest absolute Gasteiger partial charge is 0.478 e. The summed E-state index contributed by atoms with van der Waals surface area (Å²) in [7, 11) is 0. The maximum absolute atomic E-state index is 13.4. The molecule has 0 spiro atoms. The van der Waals surface area contributed by atoms with E-state index in [2.05, 4.69) is 0 Å². The van der Waals surface area contributed by atoms with Crippen molar-refractivity contribution in [2.75, 3.05) is 0 Å². The third-order valence-corrected chi connectivity index (χ3v) is 2.86. The van der Waals surface area contributed by atoms with Gasteiger partial charge in [-0.05, 0) is 30.3 Å². The van der Waals surface area contributed by atoms with Gasteiger partial charge in [-0.25, -0.2) is 4.79 Å². The predicted molar refractivity (Wildman–Crippen MR) is 71.5 cm³/mol. The zero-order valence-electron chi connectivity index (χ0n) is 10.2. The minimum absolute atomic E-state index is 0.00880. The molecule has 0 saturated heterocycles. The molecule has 0 bridgehead atoms. The number of rotatable bonds is 4. The summed E-state index contributed by atoms with van der Waals surface area (Å²) in [6, 6.07) is 7.06. The molecule has 21 heavy (non-hydrogen) atoms. The Bertz CT molecular complexity index is 734. The molecule has 0 fully saturated rings. The number of aromatic carboxylic acids is 1. The number of nitrogens with zero attached hydrogens (tertiary/aromatic N) is 1. The quantitative estimate of drug-likeness (QED) is 0.683. The highest BCUT2D eigenvalue weighted by Gasteiger charge is 2.22. The van der Waals surface area contributed by atoms with E-state index in [-0.39, 0.29) is 22.1 Å². The Morgan fingerprint density at radius 3 is 2.67 bits per heavy atom. The minimum atomic E-state index is -1.28. The molecule has 6 nitrogen and oxygen atoms in total. The smallest absolute Gasteiger partial charge is 0.346 e. The van der Waals surface area contributed by atoms with Crippen LogP contribution in [0.4, 0.5) is 10.1 Å². The van der Waals surface area contributed by atoms with E-state index in [1.54, 1.807) is 0 Å². The van der Waals surface area contributed by atoms with Crippen LogP contribution >= 0.6 is 11.6 Å². The van der Waals surface area contributed by atoms with Gasteiger partial charge in [0.15, 0.2) is 0 Å². The van der Waals surface area contributed by atoms with Crippen LogP contribution in [0.25, 0.3) is 0 Å². The lowest BCUT2D eigenvalue weighted by Crippen LogP contribution is -1.99. The van der Waals surface area contributed by atoms with Gasteiger partial charge < -0.3 is 9.84 Å². The summed E-state index contributed by atoms with van der Waals surface area (Å²) >= 11 is 5.70. The highest BCUT2D eigenvalue weighted by atomic mass is 35.5. The molecule has 0 atom stereocenters. The van der Waals surface area contributed by atoms with E-state index < -0.39 is 22.4 Å². The topological polar surface area (TPSA) is 89.7 Å². The molecule has 0 heterocycles. The number of carboxylic acids is 1. The Morgan fingerprint density at radius 2 is 2.05 bits per heavy atom. The molecular formula is C13H7ClFNO5. The van der Waals surface area contributed by atoms with Gasteiger partial charge in [0, 0.05) is 0 Å². The number of carboxylic acid groups (broad SMARTS) is 1. The van der Waals surface area contributed by atoms with Gasteiger partial charge in [0.1, 0.15) is 5.75 Å². The first-order valence-electron chi connectivity index (χ1n) is 5.53. The van der Waals surface area contributed by atoms with Crippen molar-refractivity contribution in [3.05, 3.63) is 62.9 Å². The molecule has 0 saturated carbocycles. The summed E-state index contributed by atoms with van der Waals surface area (Å²) in [4.78, 5) is 20.9. The molecule has 108 valence electrons. The van der Waals surface area contributed by atoms with Crippen LogP contribution in [0.3, 0.4) is 0 Å². The van der Waals surface area contributed by atoms with Gasteiger partial charge in [0.2, 0.25) is 11.6 Å². The van der Waals surface area contributed by atoms with Gasteiger partial charge in [-0.3, -0.25) is 10.1 Å². The molecular weight excluding hydrogens is 305 g/mol. The number of para-hydroxylation sites is 1. The van der Waals surface area contributed by atoms with Crippen molar-refractivity contribution in [3.8, 4) is 11.5 Å². The second kappa shape index (κ2) is 5.76. The number of nitro benzene ring substituents is 1. The number of halogens is 2. The van der Waals surface area contributed by atoms with E-state index in [9.17, 15) is 19.3 Å². The fourth-order valence-corrected chi connectivity index (χ4v) is 1.81. The van der Waals surface area contributed by atoms with Gasteiger partial charge in [-0.1, -0.05) is 17.7 Å². The zero-order chi connectivity index (χ0) is 15.6. The van der Waals surface area contributed by atoms with Crippen LogP contribution in [0.15, 0.2) is 36.4 Å². The molecule has 0 amide bonds. The van der Waals surface area contributed by atoms with Gasteiger partial charge in [0.25, 0.3) is 0 Å². The number of carbonyl (C=O) groups is 1. The number of hydrogen-bond acceptors (Lipinski definition) is 4. The van der Waals surface area contributed by atoms with Crippen molar-refractivity contribution >= 4 is 23.3 Å². The zero-order valence-corrected chi connectivity index (χ0v) is 11.0. The fraction of sp³-hybridized carbons (Fsp3) is 0. The summed E-state index contributed by atoms with van der Waals surface area (Å²) in [6.07, 6.45) is 0. The summed E-state index contributed by atoms with van der Waals surface area (Å²) in [5.41, 5.74) is -1.06. The van der Waals surface area contributed by atoms with Crippen molar-refractivity contribution in [1.82, 2.24) is 0 Å². The molecule has 0 unspecified atom stereocenters. The van der Waals surface area contributed by atoms with E-state index in [1.807, 2.05) is 0 Å². The molecule has 8 heteroatoms. The van der Waals surface area contributed by atoms with Crippen LogP contribution in [-0.2, 0) is 0 Å². The Hall–Kier alpha value is -2.67. The molecule has 0 aliphatic rings. The standard InChI is InChI=1S/C13H7ClFNO5/c14-9-5-4-7(6-8(9)13(17)18)21-11-3-1-2-10(15)12(11)16(19)20/h1-6H,(H,17,18). The lowest BCUT2D eigenvalue weighted by atomic mass is 10.2. The van der Waals surface area contributed by atoms with Gasteiger partial charge >= 0.3 is 11.7 Å². The van der Waals surface area contributed by atoms with Crippen LogP contribution in [0.5, 0.6) is 11.5 Å². The molecule has 0 radical (unpaired) electrons. The summed E-state index contributed by atoms with van der Waals surface area (Å²) in [5.74, 6) is -2.67. The number of hydrogen-bond donors (Lipinski definition) is 1. The molecule has 2 aromatic rings. The van der Waals surface area contributed by atoms with Crippen LogP contribution < -0.4 is 4.74 Å². The maximum Gasteiger partial charge on any atom is 0.346 e. The molecule has 1 N–H and O–H groups in total. The summed E-state index contributed by atoms with van der Waals surface area (Å²) in [5, 5.41) is 19.8. The van der Waals surface area contributed by atoms with E-state index in [1.165, 1.54) is 24.3 Å². The van der Waals surface area contributed by atoms with E-state index in [4.69, 9.17) is 21.4 Å². The first kappa shape index (κ1) is 14.7. The van der Waals surface area contributed by atoms with Crippen molar-refractivity contribution in [3.63, 3.8) is 0 Å². The first-order chi connectivity index (χ1) is 9.90. The normalized spacial score (nSPS) is 10.2. The number of nitro groups is 1. The Balaban J connectivity index is 2.44.